The summed E-state index contributed by atoms with van der Waals surface area (Å²) in [5, 5.41) is 24.0. The predicted octanol–water partition coefficient (Wildman–Crippen LogP) is 5.75. The molecule has 2 aromatic carbocycles. The highest BCUT2D eigenvalue weighted by molar-refractivity contribution is 5.92. The van der Waals surface area contributed by atoms with Gasteiger partial charge in [0.05, 0.1) is 24.2 Å². The Morgan fingerprint density at radius 1 is 0.957 bits per heavy atom. The van der Waals surface area contributed by atoms with Gasteiger partial charge in [-0.15, -0.1) is 0 Å². The fourth-order valence-corrected chi connectivity index (χ4v) is 4.35. The maximum atomic E-state index is 13.5. The van der Waals surface area contributed by atoms with Crippen molar-refractivity contribution in [1.82, 2.24) is 16.1 Å². The Balaban J connectivity index is 0.00000195. The summed E-state index contributed by atoms with van der Waals surface area (Å²) < 4.78 is 18.7. The molecule has 0 aliphatic carbocycles. The van der Waals surface area contributed by atoms with E-state index in [2.05, 4.69) is 10.6 Å². The van der Waals surface area contributed by atoms with Crippen LogP contribution in [-0.2, 0) is 25.5 Å². The van der Waals surface area contributed by atoms with E-state index < -0.39 is 35.0 Å². The van der Waals surface area contributed by atoms with Crippen LogP contribution in [0.5, 0.6) is 0 Å². The highest BCUT2D eigenvalue weighted by Crippen LogP contribution is 2.24. The molecule has 9 nitrogen and oxygen atoms in total. The van der Waals surface area contributed by atoms with Crippen molar-refractivity contribution in [2.75, 3.05) is 13.2 Å². The van der Waals surface area contributed by atoms with Crippen LogP contribution >= 0.6 is 0 Å². The Morgan fingerprint density at radius 3 is 2.11 bits per heavy atom. The topological polar surface area (TPSA) is 137 Å². The average Bonchev–Trinajstić information content (AvgIpc) is 2.99. The smallest absolute Gasteiger partial charge is 0.313 e. The van der Waals surface area contributed by atoms with Gasteiger partial charge < -0.3 is 25.7 Å². The van der Waals surface area contributed by atoms with E-state index >= 15 is 0 Å². The monoisotopic (exact) mass is 643 g/mol. The number of aliphatic hydroxyl groups is 1. The molecule has 0 bridgehead atoms. The zero-order valence-corrected chi connectivity index (χ0v) is 28.5. The number of ether oxygens (including phenoxy) is 1. The number of hydrogen-bond acceptors (Lipinski definition) is 8. The number of aryl methyl sites for hydroxylation is 1. The van der Waals surface area contributed by atoms with Crippen molar-refractivity contribution in [3.05, 3.63) is 83.3 Å². The number of hydroxylamine groups is 1. The van der Waals surface area contributed by atoms with Gasteiger partial charge in [0.15, 0.2) is 5.78 Å². The number of rotatable bonds is 18. The van der Waals surface area contributed by atoms with Crippen molar-refractivity contribution in [3.63, 3.8) is 0 Å². The molecule has 10 heteroatoms. The molecule has 0 fully saturated rings. The first-order chi connectivity index (χ1) is 21.6. The van der Waals surface area contributed by atoms with Gasteiger partial charge in [0.25, 0.3) is 0 Å². The summed E-state index contributed by atoms with van der Waals surface area (Å²) in [6.07, 6.45) is 4.67. The third kappa shape index (κ3) is 16.6. The minimum atomic E-state index is -1.25. The highest BCUT2D eigenvalue weighted by atomic mass is 19.1. The molecule has 2 aromatic rings. The van der Waals surface area contributed by atoms with E-state index in [4.69, 9.17) is 9.84 Å². The van der Waals surface area contributed by atoms with E-state index in [1.165, 1.54) is 26.0 Å². The van der Waals surface area contributed by atoms with Crippen LogP contribution < -0.4 is 16.1 Å². The number of ketones is 1. The van der Waals surface area contributed by atoms with Gasteiger partial charge in [0.2, 0.25) is 5.91 Å². The fourth-order valence-electron chi connectivity index (χ4n) is 4.35. The lowest BCUT2D eigenvalue weighted by molar-refractivity contribution is -0.144. The number of carbonyl (C=O) groups excluding carboxylic acids is 3. The molecule has 46 heavy (non-hydrogen) atoms. The molecule has 0 saturated heterocycles. The van der Waals surface area contributed by atoms with Crippen LogP contribution in [0.25, 0.3) is 0 Å². The van der Waals surface area contributed by atoms with Crippen molar-refractivity contribution < 1.29 is 33.8 Å². The number of Topliss-reactive ketones (excluding diaryl/α,β-unsaturated/α-hetero) is 1. The van der Waals surface area contributed by atoms with Crippen LogP contribution in [0.1, 0.15) is 97.6 Å². The van der Waals surface area contributed by atoms with Gasteiger partial charge >= 0.3 is 5.97 Å². The third-order valence-corrected chi connectivity index (χ3v) is 6.83. The fraction of sp³-hybridized carbons (Fsp3) is 0.528. The van der Waals surface area contributed by atoms with Crippen LogP contribution in [0.2, 0.25) is 0 Å². The lowest BCUT2D eigenvalue weighted by atomic mass is 9.94. The van der Waals surface area contributed by atoms with E-state index in [0.29, 0.717) is 37.8 Å². The van der Waals surface area contributed by atoms with Crippen LogP contribution in [-0.4, -0.2) is 58.3 Å². The Bertz CT molecular complexity index is 1220. The molecule has 1 unspecified atom stereocenters. The summed E-state index contributed by atoms with van der Waals surface area (Å²) in [6, 6.07) is 15.0. The quantitative estimate of drug-likeness (QED) is 0.102. The molecular weight excluding hydrogens is 589 g/mol. The van der Waals surface area contributed by atoms with Gasteiger partial charge in [0, 0.05) is 18.7 Å². The zero-order valence-electron chi connectivity index (χ0n) is 28.5. The molecule has 2 rings (SSSR count). The number of allylic oxidation sites excluding steroid dienone is 2. The Kier molecular flexibility index (Phi) is 18.0. The predicted molar refractivity (Wildman–Crippen MR) is 179 cm³/mol. The number of amides is 1. The number of hydrogen-bond donors (Lipinski definition) is 5. The van der Waals surface area contributed by atoms with Crippen molar-refractivity contribution in [3.8, 4) is 0 Å². The van der Waals surface area contributed by atoms with E-state index in [1.807, 2.05) is 48.8 Å². The number of nitrogens with one attached hydrogen (secondary N) is 3. The van der Waals surface area contributed by atoms with Crippen LogP contribution in [0.3, 0.4) is 0 Å². The Morgan fingerprint density at radius 2 is 1.57 bits per heavy atom. The van der Waals surface area contributed by atoms with Gasteiger partial charge in [-0.3, -0.25) is 14.4 Å². The average molecular weight is 644 g/mol. The molecule has 5 N–H and O–H groups in total. The van der Waals surface area contributed by atoms with Crippen molar-refractivity contribution >= 4 is 17.7 Å². The zero-order chi connectivity index (χ0) is 34.8. The minimum Gasteiger partial charge on any atom is -0.466 e. The lowest BCUT2D eigenvalue weighted by Crippen LogP contribution is -2.55. The molecule has 0 saturated carbocycles. The number of benzene rings is 2. The molecule has 2 atom stereocenters. The minimum absolute atomic E-state index is 0.121. The second-order valence-electron chi connectivity index (χ2n) is 12.6. The van der Waals surface area contributed by atoms with E-state index in [1.54, 1.807) is 39.8 Å². The maximum absolute atomic E-state index is 13.5. The normalized spacial score (nSPS) is 13.1. The van der Waals surface area contributed by atoms with E-state index in [-0.39, 0.29) is 24.6 Å². The number of carbonyl (C=O) groups is 3. The second kappa shape index (κ2) is 20.5. The van der Waals surface area contributed by atoms with E-state index in [9.17, 15) is 24.0 Å². The van der Waals surface area contributed by atoms with Crippen molar-refractivity contribution in [2.45, 2.75) is 110 Å². The molecule has 0 aliphatic rings. The largest absolute Gasteiger partial charge is 0.466 e. The standard InChI is InChI=1S/C32H44FN3O5.C4H10O/c1-5-34-26(19-21-27(30(38)41-6-2)24-15-17-25(33)18-16-24)20-22-29(37)28(35-31(39)32(3,4)36-40)14-10-13-23-11-8-7-9-12-23;1-4(2,3)5/h7-9,11-12,15-19,27-28,34,36,40H,5-6,10,13-14,20-22H2,1-4H3,(H,35,39);5H,1-3H3/b26-19-;/t27?,28-;/m1./s1. The van der Waals surface area contributed by atoms with Gasteiger partial charge in [-0.1, -0.05) is 48.5 Å². The summed E-state index contributed by atoms with van der Waals surface area (Å²) in [4.78, 5) is 38.8. The van der Waals surface area contributed by atoms with Gasteiger partial charge in [0.1, 0.15) is 11.4 Å². The summed E-state index contributed by atoms with van der Waals surface area (Å²) in [6.45, 7) is 12.8. The van der Waals surface area contributed by atoms with Crippen LogP contribution in [0, 0.1) is 5.82 Å². The second-order valence-corrected chi connectivity index (χ2v) is 12.6. The molecule has 1 amide bonds. The SMILES string of the molecule is CC(C)(C)O.CCN/C(=C\CC(C(=O)OCC)c1ccc(F)cc1)CCC(=O)[C@@H](CCCc1ccccc1)NC(=O)C(C)(C)NO. The molecule has 0 spiro atoms. The Labute approximate surface area is 274 Å². The highest BCUT2D eigenvalue weighted by Gasteiger charge is 2.30. The molecular formula is C36H54FN3O6. The van der Waals surface area contributed by atoms with Gasteiger partial charge in [-0.2, -0.15) is 5.48 Å². The summed E-state index contributed by atoms with van der Waals surface area (Å²) in [5.41, 5.74) is 2.83. The van der Waals surface area contributed by atoms with Crippen LogP contribution in [0.4, 0.5) is 4.39 Å². The van der Waals surface area contributed by atoms with Gasteiger partial charge in [-0.05, 0) is 104 Å². The molecule has 0 aliphatic heterocycles. The first kappa shape index (κ1) is 40.4. The summed E-state index contributed by atoms with van der Waals surface area (Å²) in [7, 11) is 0. The van der Waals surface area contributed by atoms with Crippen LogP contribution in [0.15, 0.2) is 66.4 Å². The molecule has 0 aromatic heterocycles. The third-order valence-electron chi connectivity index (χ3n) is 6.83. The molecule has 0 heterocycles. The summed E-state index contributed by atoms with van der Waals surface area (Å²) in [5.74, 6) is -1.99. The van der Waals surface area contributed by atoms with Crippen molar-refractivity contribution in [2.24, 2.45) is 0 Å². The number of esters is 1. The van der Waals surface area contributed by atoms with E-state index in [0.717, 1.165) is 17.7 Å². The number of halogens is 1. The molecule has 256 valence electrons. The first-order valence-corrected chi connectivity index (χ1v) is 16.0. The maximum Gasteiger partial charge on any atom is 0.313 e. The molecule has 0 radical (unpaired) electrons. The summed E-state index contributed by atoms with van der Waals surface area (Å²) >= 11 is 0. The lowest BCUT2D eigenvalue weighted by Gasteiger charge is -2.26. The van der Waals surface area contributed by atoms with Gasteiger partial charge in [-0.25, -0.2) is 4.39 Å². The Hall–Kier alpha value is -3.60. The first-order valence-electron chi connectivity index (χ1n) is 16.0. The van der Waals surface area contributed by atoms with Crippen molar-refractivity contribution in [1.29, 1.82) is 0 Å².